The number of amides is 1. The summed E-state index contributed by atoms with van der Waals surface area (Å²) in [7, 11) is -15.2. The van der Waals surface area contributed by atoms with Crippen LogP contribution in [0.1, 0.15) is 10.4 Å². The van der Waals surface area contributed by atoms with Crippen LogP contribution in [0.5, 0.6) is 0 Å². The number of nitro groups is 1. The predicted octanol–water partition coefficient (Wildman–Crippen LogP) is 0.598. The normalized spacial score (nSPS) is 11.4. The number of anilines is 1. The van der Waals surface area contributed by atoms with Crippen molar-refractivity contribution < 1.29 is 48.6 Å². The van der Waals surface area contributed by atoms with Crippen molar-refractivity contribution in [1.29, 1.82) is 0 Å². The molecule has 0 aliphatic rings. The Balaban J connectivity index is 0.00000432. The first kappa shape index (κ1) is 36.5. The Kier molecular flexibility index (Phi) is 13.1. The molecule has 0 aliphatic heterocycles. The molecule has 0 saturated heterocycles. The first-order valence-electron chi connectivity index (χ1n) is 8.58. The molecular formula is C17H12N2Na3O12S3. The minimum atomic E-state index is -5.21. The predicted molar refractivity (Wildman–Crippen MR) is 132 cm³/mol. The van der Waals surface area contributed by atoms with E-state index in [2.05, 4.69) is 5.32 Å². The van der Waals surface area contributed by atoms with Crippen molar-refractivity contribution in [3.63, 3.8) is 0 Å². The first-order chi connectivity index (χ1) is 15.5. The second kappa shape index (κ2) is 13.2. The summed E-state index contributed by atoms with van der Waals surface area (Å²) in [6.07, 6.45) is 0. The van der Waals surface area contributed by atoms with Gasteiger partial charge in [0.25, 0.3) is 41.9 Å². The number of carbonyl (C=O) groups is 1. The summed E-state index contributed by atoms with van der Waals surface area (Å²) in [4.78, 5) is 19.6. The van der Waals surface area contributed by atoms with Crippen LogP contribution in [0.15, 0.2) is 63.2 Å². The second-order valence-corrected chi connectivity index (χ2v) is 10.9. The van der Waals surface area contributed by atoms with Crippen molar-refractivity contribution in [1.82, 2.24) is 0 Å². The van der Waals surface area contributed by atoms with Gasteiger partial charge in [-0.15, -0.1) is 0 Å². The van der Waals surface area contributed by atoms with Crippen LogP contribution in [-0.2, 0) is 30.4 Å². The molecule has 4 N–H and O–H groups in total. The molecule has 3 aromatic carbocycles. The molecular weight excluding hydrogens is 589 g/mol. The number of rotatable bonds is 6. The fourth-order valence-electron chi connectivity index (χ4n) is 2.95. The van der Waals surface area contributed by atoms with Crippen LogP contribution in [0.4, 0.5) is 11.4 Å². The third-order valence-corrected chi connectivity index (χ3v) is 6.96. The van der Waals surface area contributed by atoms with Crippen molar-refractivity contribution >= 4 is 147 Å². The number of nitro benzene ring substituents is 1. The van der Waals surface area contributed by atoms with Crippen molar-refractivity contribution in [2.75, 3.05) is 5.32 Å². The molecule has 0 bridgehead atoms. The van der Waals surface area contributed by atoms with Gasteiger partial charge in [0, 0.05) is 112 Å². The van der Waals surface area contributed by atoms with Crippen molar-refractivity contribution in [2.24, 2.45) is 0 Å². The summed E-state index contributed by atoms with van der Waals surface area (Å²) < 4.78 is 98.7. The monoisotopic (exact) mass is 601 g/mol. The molecule has 0 atom stereocenters. The van der Waals surface area contributed by atoms with E-state index in [1.165, 1.54) is 0 Å². The number of benzene rings is 3. The third-order valence-electron chi connectivity index (χ3n) is 4.42. The molecule has 3 aromatic rings. The molecule has 1 amide bonds. The zero-order valence-corrected chi connectivity index (χ0v) is 27.8. The van der Waals surface area contributed by atoms with Gasteiger partial charge in [-0.05, 0) is 41.8 Å². The SMILES string of the molecule is O=C(Nc1cc(S(=O)(=O)O)cc2cc(S(=O)(=O)O)cc(S(=O)(=O)O)c12)c1ccc([N+](=O)[O-])cc1.[Na].[Na].[Na]. The van der Waals surface area contributed by atoms with Crippen LogP contribution >= 0.6 is 0 Å². The van der Waals surface area contributed by atoms with Gasteiger partial charge in [0.15, 0.2) is 0 Å². The Morgan fingerprint density at radius 3 is 1.62 bits per heavy atom. The van der Waals surface area contributed by atoms with Crippen LogP contribution in [0.3, 0.4) is 0 Å². The Bertz CT molecular complexity index is 1690. The number of carbonyl (C=O) groups excluding carboxylic acids is 1. The van der Waals surface area contributed by atoms with E-state index in [-0.39, 0.29) is 99.9 Å². The first-order valence-corrected chi connectivity index (χ1v) is 12.9. The summed E-state index contributed by atoms with van der Waals surface area (Å²) in [6, 6.07) is 6.38. The topological polar surface area (TPSA) is 235 Å². The van der Waals surface area contributed by atoms with Gasteiger partial charge in [0.1, 0.15) is 4.90 Å². The number of non-ortho nitro benzene ring substituents is 1. The standard InChI is InChI=1S/C17H12N2O12S3.3Na/c20-17(9-1-3-11(4-2-9)19(21)22)18-14-7-12(32(23,24)25)5-10-6-13(33(26,27)28)8-15(16(10)14)34(29,30)31;;;/h1-8H,(H,18,20)(H,23,24,25)(H,26,27,28)(H,29,30,31);;;. The zero-order valence-electron chi connectivity index (χ0n) is 19.3. The zero-order chi connectivity index (χ0) is 25.6. The van der Waals surface area contributed by atoms with Crippen LogP contribution in [-0.4, -0.2) is 138 Å². The minimum Gasteiger partial charge on any atom is -0.321 e. The van der Waals surface area contributed by atoms with Gasteiger partial charge in [-0.25, -0.2) is 0 Å². The molecule has 183 valence electrons. The molecule has 0 aromatic heterocycles. The molecule has 0 heterocycles. The fraction of sp³-hybridized carbons (Fsp3) is 0. The molecule has 3 rings (SSSR count). The Morgan fingerprint density at radius 2 is 1.22 bits per heavy atom. The summed E-state index contributed by atoms with van der Waals surface area (Å²) in [6.45, 7) is 0. The van der Waals surface area contributed by atoms with Crippen molar-refractivity contribution in [2.45, 2.75) is 14.7 Å². The van der Waals surface area contributed by atoms with Crippen molar-refractivity contribution in [3.8, 4) is 0 Å². The summed E-state index contributed by atoms with van der Waals surface area (Å²) in [5, 5.41) is 11.9. The Hall–Kier alpha value is -0.480. The maximum Gasteiger partial charge on any atom is 0.295 e. The summed E-state index contributed by atoms with van der Waals surface area (Å²) >= 11 is 0. The number of nitrogens with zero attached hydrogens (tertiary/aromatic N) is 1. The van der Waals surface area contributed by atoms with Gasteiger partial charge >= 0.3 is 0 Å². The Morgan fingerprint density at radius 1 is 0.757 bits per heavy atom. The van der Waals surface area contributed by atoms with Crippen LogP contribution < -0.4 is 5.32 Å². The molecule has 0 unspecified atom stereocenters. The molecule has 0 fully saturated rings. The van der Waals surface area contributed by atoms with E-state index in [4.69, 9.17) is 0 Å². The van der Waals surface area contributed by atoms with Crippen LogP contribution in [0.2, 0.25) is 0 Å². The van der Waals surface area contributed by atoms with Gasteiger partial charge in [-0.2, -0.15) is 25.3 Å². The van der Waals surface area contributed by atoms with E-state index in [1.807, 2.05) is 0 Å². The van der Waals surface area contributed by atoms with E-state index in [0.29, 0.717) is 24.3 Å². The van der Waals surface area contributed by atoms with E-state index in [0.717, 1.165) is 24.3 Å². The maximum atomic E-state index is 12.6. The molecule has 14 nitrogen and oxygen atoms in total. The smallest absolute Gasteiger partial charge is 0.295 e. The number of nitrogens with one attached hydrogen (secondary N) is 1. The Labute approximate surface area is 276 Å². The van der Waals surface area contributed by atoms with Gasteiger partial charge < -0.3 is 5.32 Å². The molecule has 0 saturated carbocycles. The van der Waals surface area contributed by atoms with E-state index < -0.39 is 72.3 Å². The maximum absolute atomic E-state index is 12.6. The average Bonchev–Trinajstić information content (AvgIpc) is 2.70. The third kappa shape index (κ3) is 8.75. The van der Waals surface area contributed by atoms with Gasteiger partial charge in [-0.3, -0.25) is 28.6 Å². The van der Waals surface area contributed by atoms with Gasteiger partial charge in [0.2, 0.25) is 0 Å². The number of hydrogen-bond acceptors (Lipinski definition) is 9. The van der Waals surface area contributed by atoms with Crippen LogP contribution in [0, 0.1) is 10.1 Å². The quantitative estimate of drug-likeness (QED) is 0.132. The average molecular weight is 601 g/mol. The molecule has 0 spiro atoms. The van der Waals surface area contributed by atoms with Gasteiger partial charge in [0.05, 0.1) is 20.4 Å². The van der Waals surface area contributed by atoms with E-state index in [9.17, 15) is 53.8 Å². The molecule has 0 aliphatic carbocycles. The number of hydrogen-bond donors (Lipinski definition) is 4. The van der Waals surface area contributed by atoms with Gasteiger partial charge in [-0.1, -0.05) is 0 Å². The van der Waals surface area contributed by atoms with E-state index in [1.54, 1.807) is 0 Å². The summed E-state index contributed by atoms with van der Waals surface area (Å²) in [5.41, 5.74) is -1.12. The molecule has 37 heavy (non-hydrogen) atoms. The van der Waals surface area contributed by atoms with E-state index >= 15 is 0 Å². The van der Waals surface area contributed by atoms with Crippen LogP contribution in [0.25, 0.3) is 10.8 Å². The summed E-state index contributed by atoms with van der Waals surface area (Å²) in [5.74, 6) is -1.01. The number of fused-ring (bicyclic) bond motifs is 1. The van der Waals surface area contributed by atoms with Crippen molar-refractivity contribution in [3.05, 3.63) is 64.2 Å². The molecule has 20 heteroatoms. The fourth-order valence-corrected chi connectivity index (χ4v) is 4.87. The minimum absolute atomic E-state index is 0. The largest absolute Gasteiger partial charge is 0.321 e. The second-order valence-electron chi connectivity index (χ2n) is 6.67. The molecule has 3 radical (unpaired) electrons.